The van der Waals surface area contributed by atoms with Crippen LogP contribution in [0, 0.1) is 13.7 Å². The van der Waals surface area contributed by atoms with Crippen LogP contribution in [0.5, 0.6) is 11.5 Å². The number of thiocarbonyl (C=S) groups is 1. The third-order valence-electron chi connectivity index (χ3n) is 4.45. The summed E-state index contributed by atoms with van der Waals surface area (Å²) in [4.78, 5) is 36.4. The van der Waals surface area contributed by atoms with Crippen LogP contribution in [0.3, 0.4) is 0 Å². The Kier molecular flexibility index (Phi) is 7.40. The molecule has 0 atom stereocenters. The number of likely N-dealkylation sites (N-methyl/N-ethyl adjacent to an activating group) is 1. The molecular weight excluding hydrogens is 549 g/mol. The van der Waals surface area contributed by atoms with Gasteiger partial charge in [0, 0.05) is 19.2 Å². The molecule has 9 nitrogen and oxygen atoms in total. The van der Waals surface area contributed by atoms with Gasteiger partial charge in [0.15, 0.2) is 16.6 Å². The van der Waals surface area contributed by atoms with E-state index in [1.165, 1.54) is 30.2 Å². The van der Waals surface area contributed by atoms with Crippen molar-refractivity contribution >= 4 is 63.5 Å². The van der Waals surface area contributed by atoms with Crippen LogP contribution in [-0.2, 0) is 16.2 Å². The predicted molar refractivity (Wildman–Crippen MR) is 129 cm³/mol. The topological polar surface area (TPSA) is 111 Å². The zero-order valence-corrected chi connectivity index (χ0v) is 20.1. The van der Waals surface area contributed by atoms with Gasteiger partial charge in [0.2, 0.25) is 0 Å². The second-order valence-corrected chi connectivity index (χ2v) is 8.21. The van der Waals surface area contributed by atoms with E-state index in [1.54, 1.807) is 24.3 Å². The van der Waals surface area contributed by atoms with Crippen molar-refractivity contribution < 1.29 is 24.0 Å². The summed E-state index contributed by atoms with van der Waals surface area (Å²) in [5.41, 5.74) is 1.13. The fourth-order valence-electron chi connectivity index (χ4n) is 2.90. The van der Waals surface area contributed by atoms with Crippen LogP contribution in [0.1, 0.15) is 18.1 Å². The molecule has 32 heavy (non-hydrogen) atoms. The van der Waals surface area contributed by atoms with Crippen molar-refractivity contribution in [2.45, 2.75) is 13.5 Å². The number of non-ortho nitro benzene ring substituents is 1. The molecular formula is C21H18IN3O6S. The average Bonchev–Trinajstić information content (AvgIpc) is 2.75. The molecule has 0 saturated carbocycles. The minimum absolute atomic E-state index is 0.0207. The summed E-state index contributed by atoms with van der Waals surface area (Å²) in [6, 6.07) is 9.58. The lowest BCUT2D eigenvalue weighted by atomic mass is 10.1. The number of rotatable bonds is 7. The van der Waals surface area contributed by atoms with E-state index >= 15 is 0 Å². The van der Waals surface area contributed by atoms with Crippen LogP contribution < -0.4 is 14.8 Å². The first-order chi connectivity index (χ1) is 15.2. The summed E-state index contributed by atoms with van der Waals surface area (Å²) in [5, 5.41) is 13.5. The van der Waals surface area contributed by atoms with Gasteiger partial charge in [-0.15, -0.1) is 0 Å². The molecule has 166 valence electrons. The van der Waals surface area contributed by atoms with Crippen molar-refractivity contribution in [2.75, 3.05) is 13.7 Å². The van der Waals surface area contributed by atoms with Crippen LogP contribution >= 0.6 is 34.8 Å². The van der Waals surface area contributed by atoms with Gasteiger partial charge in [-0.25, -0.2) is 0 Å². The first-order valence-corrected chi connectivity index (χ1v) is 10.9. The van der Waals surface area contributed by atoms with E-state index in [9.17, 15) is 19.7 Å². The first kappa shape index (κ1) is 23.6. The maximum Gasteiger partial charge on any atom is 0.269 e. The molecule has 0 aromatic heterocycles. The van der Waals surface area contributed by atoms with E-state index in [0.717, 1.165) is 0 Å². The SMILES string of the molecule is CCOc1cc(/C=C2\C(=O)NC(=S)N(C)C2=O)cc(I)c1OCc1cccc([N+](=O)[O-])c1. The highest BCUT2D eigenvalue weighted by Crippen LogP contribution is 2.36. The lowest BCUT2D eigenvalue weighted by Crippen LogP contribution is -2.52. The number of benzene rings is 2. The quantitative estimate of drug-likeness (QED) is 0.136. The summed E-state index contributed by atoms with van der Waals surface area (Å²) in [7, 11) is 1.48. The number of hydrogen-bond acceptors (Lipinski definition) is 7. The molecule has 0 bridgehead atoms. The molecule has 0 unspecified atom stereocenters. The van der Waals surface area contributed by atoms with Crippen molar-refractivity contribution in [3.8, 4) is 11.5 Å². The molecule has 0 radical (unpaired) electrons. The molecule has 2 amide bonds. The predicted octanol–water partition coefficient (Wildman–Crippen LogP) is 3.43. The van der Waals surface area contributed by atoms with E-state index in [0.29, 0.717) is 32.8 Å². The van der Waals surface area contributed by atoms with Gasteiger partial charge in [-0.2, -0.15) is 0 Å². The minimum Gasteiger partial charge on any atom is -0.490 e. The summed E-state index contributed by atoms with van der Waals surface area (Å²) in [6.07, 6.45) is 1.46. The fourth-order valence-corrected chi connectivity index (χ4v) is 3.86. The molecule has 0 spiro atoms. The molecule has 2 aromatic carbocycles. The zero-order chi connectivity index (χ0) is 23.4. The number of carbonyl (C=O) groups is 2. The summed E-state index contributed by atoms with van der Waals surface area (Å²) < 4.78 is 12.3. The van der Waals surface area contributed by atoms with Gasteiger partial charge in [-0.1, -0.05) is 12.1 Å². The van der Waals surface area contributed by atoms with Crippen molar-refractivity contribution in [1.82, 2.24) is 10.2 Å². The van der Waals surface area contributed by atoms with E-state index in [-0.39, 0.29) is 23.0 Å². The largest absolute Gasteiger partial charge is 0.490 e. The Morgan fingerprint density at radius 2 is 2.00 bits per heavy atom. The Bertz CT molecular complexity index is 1150. The maximum atomic E-state index is 12.5. The van der Waals surface area contributed by atoms with E-state index in [4.69, 9.17) is 21.7 Å². The molecule has 0 aliphatic carbocycles. The second-order valence-electron chi connectivity index (χ2n) is 6.66. The van der Waals surface area contributed by atoms with Gasteiger partial charge in [-0.3, -0.25) is 29.9 Å². The molecule has 3 rings (SSSR count). The van der Waals surface area contributed by atoms with Crippen LogP contribution in [0.25, 0.3) is 6.08 Å². The Hall–Kier alpha value is -3.06. The molecule has 1 saturated heterocycles. The van der Waals surface area contributed by atoms with E-state index in [2.05, 4.69) is 27.9 Å². The van der Waals surface area contributed by atoms with E-state index in [1.807, 2.05) is 6.92 Å². The number of ether oxygens (including phenoxy) is 2. The number of nitrogens with zero attached hydrogens (tertiary/aromatic N) is 2. The van der Waals surface area contributed by atoms with Crippen molar-refractivity contribution in [1.29, 1.82) is 0 Å². The molecule has 2 aromatic rings. The van der Waals surface area contributed by atoms with Crippen molar-refractivity contribution in [2.24, 2.45) is 0 Å². The summed E-state index contributed by atoms with van der Waals surface area (Å²) >= 11 is 7.02. The second kappa shape index (κ2) is 10.0. The average molecular weight is 567 g/mol. The standard InChI is InChI=1S/C21H18IN3O6S/c1-3-30-17-10-13(8-15-19(26)23-21(32)24(2)20(15)27)9-16(22)18(17)31-11-12-5-4-6-14(7-12)25(28)29/h4-10H,3,11H2,1-2H3,(H,23,26,32)/b15-8+. The molecule has 11 heteroatoms. The number of nitro groups is 1. The van der Waals surface area contributed by atoms with Crippen LogP contribution in [0.15, 0.2) is 42.0 Å². The fraction of sp³-hybridized carbons (Fsp3) is 0.190. The lowest BCUT2D eigenvalue weighted by molar-refractivity contribution is -0.384. The first-order valence-electron chi connectivity index (χ1n) is 9.38. The van der Waals surface area contributed by atoms with E-state index < -0.39 is 16.7 Å². The van der Waals surface area contributed by atoms with Gasteiger partial charge in [0.05, 0.1) is 15.1 Å². The van der Waals surface area contributed by atoms with Crippen molar-refractivity contribution in [3.05, 3.63) is 66.8 Å². The Labute approximate surface area is 202 Å². The number of carbonyl (C=O) groups excluding carboxylic acids is 2. The smallest absolute Gasteiger partial charge is 0.269 e. The number of amides is 2. The Morgan fingerprint density at radius 1 is 1.25 bits per heavy atom. The van der Waals surface area contributed by atoms with Crippen LogP contribution in [0.4, 0.5) is 5.69 Å². The molecule has 1 aliphatic rings. The van der Waals surface area contributed by atoms with Crippen molar-refractivity contribution in [3.63, 3.8) is 0 Å². The molecule has 1 fully saturated rings. The monoisotopic (exact) mass is 567 g/mol. The highest BCUT2D eigenvalue weighted by Gasteiger charge is 2.30. The molecule has 1 aliphatic heterocycles. The van der Waals surface area contributed by atoms with Gasteiger partial charge < -0.3 is 9.47 Å². The highest BCUT2D eigenvalue weighted by atomic mass is 127. The van der Waals surface area contributed by atoms with Crippen LogP contribution in [0.2, 0.25) is 0 Å². The maximum absolute atomic E-state index is 12.5. The summed E-state index contributed by atoms with van der Waals surface area (Å²) in [6.45, 7) is 2.28. The van der Waals surface area contributed by atoms with Gasteiger partial charge in [0.1, 0.15) is 12.2 Å². The van der Waals surface area contributed by atoms with Gasteiger partial charge in [-0.05, 0) is 71.1 Å². The minimum atomic E-state index is -0.572. The summed E-state index contributed by atoms with van der Waals surface area (Å²) in [5.74, 6) is -0.196. The third-order valence-corrected chi connectivity index (χ3v) is 5.63. The lowest BCUT2D eigenvalue weighted by Gasteiger charge is -2.25. The highest BCUT2D eigenvalue weighted by molar-refractivity contribution is 14.1. The van der Waals surface area contributed by atoms with Crippen LogP contribution in [-0.4, -0.2) is 40.4 Å². The van der Waals surface area contributed by atoms with Gasteiger partial charge in [0.25, 0.3) is 17.5 Å². The Morgan fingerprint density at radius 3 is 2.69 bits per heavy atom. The number of nitro benzene ring substituents is 1. The number of nitrogens with one attached hydrogen (secondary N) is 1. The zero-order valence-electron chi connectivity index (χ0n) is 17.1. The number of hydrogen-bond donors (Lipinski definition) is 1. The Balaban J connectivity index is 1.90. The molecule has 1 heterocycles. The third kappa shape index (κ3) is 5.22. The van der Waals surface area contributed by atoms with Gasteiger partial charge >= 0.3 is 0 Å². The normalized spacial score (nSPS) is 15.0. The number of halogens is 1. The molecule has 1 N–H and O–H groups in total.